The van der Waals surface area contributed by atoms with Gasteiger partial charge in [0.2, 0.25) is 0 Å². The van der Waals surface area contributed by atoms with Crippen LogP contribution in [-0.4, -0.2) is 24.5 Å². The van der Waals surface area contributed by atoms with Gasteiger partial charge in [0.25, 0.3) is 0 Å². The molecular weight excluding hydrogens is 241 g/mol. The number of carbonyl (C=O) groups is 1. The Balaban J connectivity index is 3.28. The summed E-state index contributed by atoms with van der Waals surface area (Å²) in [7, 11) is 1.23. The maximum atomic E-state index is 12.0. The van der Waals surface area contributed by atoms with Crippen LogP contribution in [0.4, 0.5) is 13.2 Å². The smallest absolute Gasteiger partial charge is 0.496 e. The lowest BCUT2D eigenvalue weighted by molar-refractivity contribution is -0.274. The first-order valence-electron chi connectivity index (χ1n) is 4.43. The average molecular weight is 250 g/mol. The van der Waals surface area contributed by atoms with Gasteiger partial charge in [0.05, 0.1) is 7.11 Å². The van der Waals surface area contributed by atoms with Gasteiger partial charge in [-0.2, -0.15) is 0 Å². The van der Waals surface area contributed by atoms with Gasteiger partial charge in [-0.05, 0) is 19.1 Å². The predicted octanol–water partition coefficient (Wildman–Crippen LogP) is 2.60. The third kappa shape index (κ3) is 3.02. The van der Waals surface area contributed by atoms with Crippen molar-refractivity contribution in [3.05, 3.63) is 23.3 Å². The number of carboxylic acids is 1. The number of methoxy groups -OCH3 is 1. The summed E-state index contributed by atoms with van der Waals surface area (Å²) in [6.45, 7) is 1.22. The fourth-order valence-electron chi connectivity index (χ4n) is 1.34. The van der Waals surface area contributed by atoms with E-state index in [9.17, 15) is 18.0 Å². The second kappa shape index (κ2) is 4.52. The number of carboxylic acid groups (broad SMARTS) is 1. The van der Waals surface area contributed by atoms with Gasteiger partial charge in [0.1, 0.15) is 17.1 Å². The standard InChI is InChI=1S/C10H9F3O4/c1-5-6(17-10(11,12)13)3-4-7(16-2)8(5)9(14)15/h3-4H,1-2H3,(H,14,15). The molecule has 1 aromatic carbocycles. The zero-order valence-corrected chi connectivity index (χ0v) is 8.96. The summed E-state index contributed by atoms with van der Waals surface area (Å²) in [5.74, 6) is -1.97. The summed E-state index contributed by atoms with van der Waals surface area (Å²) in [5, 5.41) is 8.88. The minimum atomic E-state index is -4.87. The minimum absolute atomic E-state index is 0.0236. The van der Waals surface area contributed by atoms with Crippen LogP contribution in [0.15, 0.2) is 12.1 Å². The highest BCUT2D eigenvalue weighted by molar-refractivity contribution is 5.93. The lowest BCUT2D eigenvalue weighted by Crippen LogP contribution is -2.18. The van der Waals surface area contributed by atoms with Crippen molar-refractivity contribution in [2.24, 2.45) is 0 Å². The Kier molecular flexibility index (Phi) is 3.50. The Morgan fingerprint density at radius 2 is 1.82 bits per heavy atom. The summed E-state index contributed by atoms with van der Waals surface area (Å²) < 4.78 is 44.6. The molecule has 0 spiro atoms. The van der Waals surface area contributed by atoms with Gasteiger partial charge >= 0.3 is 12.3 Å². The molecular formula is C10H9F3O4. The van der Waals surface area contributed by atoms with E-state index in [2.05, 4.69) is 4.74 Å². The van der Waals surface area contributed by atoms with Crippen molar-refractivity contribution in [2.75, 3.05) is 7.11 Å². The van der Waals surface area contributed by atoms with Gasteiger partial charge in [-0.15, -0.1) is 13.2 Å². The SMILES string of the molecule is COc1ccc(OC(F)(F)F)c(C)c1C(=O)O. The van der Waals surface area contributed by atoms with Crippen LogP contribution in [-0.2, 0) is 0 Å². The molecule has 1 N–H and O–H groups in total. The van der Waals surface area contributed by atoms with Gasteiger partial charge < -0.3 is 14.6 Å². The Hall–Kier alpha value is -1.92. The van der Waals surface area contributed by atoms with Crippen LogP contribution in [0.3, 0.4) is 0 Å². The van der Waals surface area contributed by atoms with Crippen molar-refractivity contribution in [1.82, 2.24) is 0 Å². The van der Waals surface area contributed by atoms with E-state index in [1.165, 1.54) is 14.0 Å². The van der Waals surface area contributed by atoms with Crippen LogP contribution < -0.4 is 9.47 Å². The Bertz CT molecular complexity index is 440. The third-order valence-corrected chi connectivity index (χ3v) is 2.04. The molecule has 0 saturated heterocycles. The average Bonchev–Trinajstić information content (AvgIpc) is 2.18. The second-order valence-electron chi connectivity index (χ2n) is 3.12. The molecule has 0 aliphatic heterocycles. The number of rotatable bonds is 3. The molecule has 0 amide bonds. The van der Waals surface area contributed by atoms with Crippen molar-refractivity contribution in [1.29, 1.82) is 0 Å². The summed E-state index contributed by atoms with van der Waals surface area (Å²) in [6.07, 6.45) is -4.87. The van der Waals surface area contributed by atoms with Gasteiger partial charge in [0, 0.05) is 5.56 Å². The van der Waals surface area contributed by atoms with Gasteiger partial charge in [-0.25, -0.2) is 4.79 Å². The number of hydrogen-bond donors (Lipinski definition) is 1. The topological polar surface area (TPSA) is 55.8 Å². The van der Waals surface area contributed by atoms with Crippen molar-refractivity contribution in [2.45, 2.75) is 13.3 Å². The quantitative estimate of drug-likeness (QED) is 0.895. The number of ether oxygens (including phenoxy) is 2. The van der Waals surface area contributed by atoms with E-state index in [0.29, 0.717) is 0 Å². The van der Waals surface area contributed by atoms with E-state index < -0.39 is 18.1 Å². The van der Waals surface area contributed by atoms with Gasteiger partial charge in [-0.3, -0.25) is 0 Å². The van der Waals surface area contributed by atoms with Crippen LogP contribution in [0.5, 0.6) is 11.5 Å². The van der Waals surface area contributed by atoms with Crippen LogP contribution in [0.25, 0.3) is 0 Å². The molecule has 1 rings (SSSR count). The molecule has 0 aliphatic rings. The molecule has 0 unspecified atom stereocenters. The normalized spacial score (nSPS) is 11.1. The molecule has 1 aromatic rings. The lowest BCUT2D eigenvalue weighted by Gasteiger charge is -2.14. The van der Waals surface area contributed by atoms with Crippen molar-refractivity contribution in [3.8, 4) is 11.5 Å². The predicted molar refractivity (Wildman–Crippen MR) is 51.4 cm³/mol. The van der Waals surface area contributed by atoms with E-state index in [4.69, 9.17) is 9.84 Å². The zero-order valence-electron chi connectivity index (χ0n) is 8.96. The third-order valence-electron chi connectivity index (χ3n) is 2.04. The molecule has 0 bridgehead atoms. The molecule has 0 aliphatic carbocycles. The first-order valence-corrected chi connectivity index (χ1v) is 4.43. The van der Waals surface area contributed by atoms with Crippen molar-refractivity contribution in [3.63, 3.8) is 0 Å². The zero-order chi connectivity index (χ0) is 13.2. The number of halogens is 3. The molecule has 0 fully saturated rings. The number of alkyl halides is 3. The maximum absolute atomic E-state index is 12.0. The summed E-state index contributed by atoms with van der Waals surface area (Å²) in [5.41, 5.74) is -0.497. The van der Waals surface area contributed by atoms with E-state index in [0.717, 1.165) is 12.1 Å². The van der Waals surface area contributed by atoms with Crippen LogP contribution >= 0.6 is 0 Å². The van der Waals surface area contributed by atoms with Crippen molar-refractivity contribution < 1.29 is 32.5 Å². The summed E-state index contributed by atoms with van der Waals surface area (Å²) in [4.78, 5) is 10.9. The maximum Gasteiger partial charge on any atom is 0.573 e. The molecule has 0 saturated carbocycles. The molecule has 7 heteroatoms. The molecule has 94 valence electrons. The van der Waals surface area contributed by atoms with E-state index in [-0.39, 0.29) is 16.9 Å². The monoisotopic (exact) mass is 250 g/mol. The molecule has 0 heterocycles. The van der Waals surface area contributed by atoms with E-state index >= 15 is 0 Å². The summed E-state index contributed by atoms with van der Waals surface area (Å²) in [6, 6.07) is 2.12. The van der Waals surface area contributed by atoms with Crippen LogP contribution in [0, 0.1) is 6.92 Å². The first-order chi connectivity index (χ1) is 7.76. The van der Waals surface area contributed by atoms with Crippen LogP contribution in [0.1, 0.15) is 15.9 Å². The highest BCUT2D eigenvalue weighted by atomic mass is 19.4. The molecule has 4 nitrogen and oxygen atoms in total. The van der Waals surface area contributed by atoms with E-state index in [1.54, 1.807) is 0 Å². The first kappa shape index (κ1) is 13.1. The van der Waals surface area contributed by atoms with Crippen molar-refractivity contribution >= 4 is 5.97 Å². The molecule has 0 atom stereocenters. The van der Waals surface area contributed by atoms with Gasteiger partial charge in [0.15, 0.2) is 0 Å². The number of benzene rings is 1. The molecule has 17 heavy (non-hydrogen) atoms. The largest absolute Gasteiger partial charge is 0.573 e. The Labute approximate surface area is 94.6 Å². The summed E-state index contributed by atoms with van der Waals surface area (Å²) >= 11 is 0. The fourth-order valence-corrected chi connectivity index (χ4v) is 1.34. The van der Waals surface area contributed by atoms with E-state index in [1.807, 2.05) is 0 Å². The highest BCUT2D eigenvalue weighted by Gasteiger charge is 2.33. The Morgan fingerprint density at radius 3 is 2.24 bits per heavy atom. The molecule has 0 radical (unpaired) electrons. The minimum Gasteiger partial charge on any atom is -0.496 e. The molecule has 0 aromatic heterocycles. The lowest BCUT2D eigenvalue weighted by atomic mass is 10.1. The Morgan fingerprint density at radius 1 is 1.29 bits per heavy atom. The van der Waals surface area contributed by atoms with Gasteiger partial charge in [-0.1, -0.05) is 0 Å². The van der Waals surface area contributed by atoms with Crippen LogP contribution in [0.2, 0.25) is 0 Å². The number of aromatic carboxylic acids is 1. The second-order valence-corrected chi connectivity index (χ2v) is 3.12. The number of hydrogen-bond acceptors (Lipinski definition) is 3. The highest BCUT2D eigenvalue weighted by Crippen LogP contribution is 2.33. The fraction of sp³-hybridized carbons (Fsp3) is 0.300.